The van der Waals surface area contributed by atoms with Gasteiger partial charge in [0.25, 0.3) is 0 Å². The smallest absolute Gasteiger partial charge is 0.127 e. The number of benzene rings is 2. The van der Waals surface area contributed by atoms with E-state index >= 15 is 0 Å². The Morgan fingerprint density at radius 1 is 0.917 bits per heavy atom. The van der Waals surface area contributed by atoms with Crippen molar-refractivity contribution in [3.8, 4) is 11.8 Å². The van der Waals surface area contributed by atoms with Crippen LogP contribution in [0.1, 0.15) is 16.7 Å². The first-order chi connectivity index (χ1) is 11.8. The van der Waals surface area contributed by atoms with E-state index in [9.17, 15) is 0 Å². The Kier molecular flexibility index (Phi) is 5.47. The lowest BCUT2D eigenvalue weighted by molar-refractivity contribution is -1.02. The highest BCUT2D eigenvalue weighted by molar-refractivity contribution is 5.32. The number of quaternary nitrogens is 2. The molecular formula is C20H25N3O+2. The van der Waals surface area contributed by atoms with Crippen LogP contribution in [0.4, 0.5) is 0 Å². The van der Waals surface area contributed by atoms with Crippen LogP contribution in [0.2, 0.25) is 0 Å². The van der Waals surface area contributed by atoms with Crippen molar-refractivity contribution in [3.05, 3.63) is 65.2 Å². The number of nitrogens with zero attached hydrogens (tertiary/aromatic N) is 1. The van der Waals surface area contributed by atoms with Crippen molar-refractivity contribution >= 4 is 0 Å². The summed E-state index contributed by atoms with van der Waals surface area (Å²) in [6.45, 7) is 6.86. The number of hydrogen-bond acceptors (Lipinski definition) is 2. The van der Waals surface area contributed by atoms with Crippen LogP contribution < -0.4 is 14.5 Å². The molecule has 24 heavy (non-hydrogen) atoms. The Balaban J connectivity index is 1.49. The fourth-order valence-electron chi connectivity index (χ4n) is 3.38. The molecule has 0 unspecified atom stereocenters. The van der Waals surface area contributed by atoms with Gasteiger partial charge in [0.2, 0.25) is 0 Å². The van der Waals surface area contributed by atoms with E-state index < -0.39 is 0 Å². The van der Waals surface area contributed by atoms with Gasteiger partial charge in [-0.05, 0) is 36.4 Å². The molecule has 0 spiro atoms. The van der Waals surface area contributed by atoms with Crippen LogP contribution in [-0.2, 0) is 13.1 Å². The topological polar surface area (TPSA) is 41.9 Å². The van der Waals surface area contributed by atoms with Crippen LogP contribution in [0.25, 0.3) is 0 Å². The monoisotopic (exact) mass is 323 g/mol. The van der Waals surface area contributed by atoms with Crippen LogP contribution in [0.5, 0.6) is 5.75 Å². The Bertz CT molecular complexity index is 698. The molecule has 2 aromatic rings. The predicted molar refractivity (Wildman–Crippen MR) is 93.0 cm³/mol. The molecule has 0 saturated carbocycles. The fourth-order valence-corrected chi connectivity index (χ4v) is 3.38. The van der Waals surface area contributed by atoms with Crippen LogP contribution in [0.3, 0.4) is 0 Å². The maximum Gasteiger partial charge on any atom is 0.127 e. The van der Waals surface area contributed by atoms with Gasteiger partial charge < -0.3 is 14.5 Å². The summed E-state index contributed by atoms with van der Waals surface area (Å²) in [5, 5.41) is 9.01. The molecule has 4 nitrogen and oxygen atoms in total. The lowest BCUT2D eigenvalue weighted by Gasteiger charge is -2.29. The first kappa shape index (κ1) is 16.5. The molecule has 0 atom stereocenters. The fraction of sp³-hybridized carbons (Fsp3) is 0.350. The van der Waals surface area contributed by atoms with Crippen LogP contribution in [0.15, 0.2) is 48.5 Å². The van der Waals surface area contributed by atoms with Crippen molar-refractivity contribution in [2.45, 2.75) is 13.1 Å². The first-order valence-corrected chi connectivity index (χ1v) is 8.56. The molecule has 4 heteroatoms. The van der Waals surface area contributed by atoms with Crippen molar-refractivity contribution in [1.29, 1.82) is 5.26 Å². The molecule has 2 N–H and O–H groups in total. The van der Waals surface area contributed by atoms with Gasteiger partial charge in [-0.25, -0.2) is 0 Å². The van der Waals surface area contributed by atoms with E-state index in [2.05, 4.69) is 24.3 Å². The number of rotatable bonds is 5. The molecule has 0 amide bonds. The Labute approximate surface area is 143 Å². The predicted octanol–water partition coefficient (Wildman–Crippen LogP) is 0.0505. The summed E-state index contributed by atoms with van der Waals surface area (Å²) < 4.78 is 5.22. The number of nitriles is 1. The zero-order valence-electron chi connectivity index (χ0n) is 14.2. The maximum atomic E-state index is 9.01. The highest BCUT2D eigenvalue weighted by Crippen LogP contribution is 2.10. The average molecular weight is 323 g/mol. The summed E-state index contributed by atoms with van der Waals surface area (Å²) >= 11 is 0. The Morgan fingerprint density at radius 2 is 1.54 bits per heavy atom. The molecule has 0 bridgehead atoms. The highest BCUT2D eigenvalue weighted by atomic mass is 16.5. The normalized spacial score (nSPS) is 20.3. The number of piperazine rings is 1. The minimum Gasteiger partial charge on any atom is -0.497 e. The van der Waals surface area contributed by atoms with E-state index in [1.165, 1.54) is 37.3 Å². The highest BCUT2D eigenvalue weighted by Gasteiger charge is 2.23. The lowest BCUT2D eigenvalue weighted by atomic mass is 10.1. The summed E-state index contributed by atoms with van der Waals surface area (Å²) in [6.07, 6.45) is 0. The third kappa shape index (κ3) is 4.35. The quantitative estimate of drug-likeness (QED) is 0.816. The third-order valence-electron chi connectivity index (χ3n) is 4.79. The molecule has 1 heterocycles. The standard InChI is InChI=1S/C20H23N3O/c1-24-20-7-5-17(6-8-20)15-22-9-11-23(12-10-22)16-19-4-2-3-18(13-19)14-21/h2-8,13H,9-12,15-16H2,1H3/p+2. The second-order valence-electron chi connectivity index (χ2n) is 6.51. The third-order valence-corrected chi connectivity index (χ3v) is 4.79. The van der Waals surface area contributed by atoms with Gasteiger partial charge in [-0.3, -0.25) is 0 Å². The van der Waals surface area contributed by atoms with Gasteiger partial charge in [-0.2, -0.15) is 5.26 Å². The van der Waals surface area contributed by atoms with Gasteiger partial charge in [0.15, 0.2) is 0 Å². The largest absolute Gasteiger partial charge is 0.497 e. The van der Waals surface area contributed by atoms with Crippen molar-refractivity contribution in [2.75, 3.05) is 33.3 Å². The average Bonchev–Trinajstić information content (AvgIpc) is 2.64. The second-order valence-corrected chi connectivity index (χ2v) is 6.51. The first-order valence-electron chi connectivity index (χ1n) is 8.56. The summed E-state index contributed by atoms with van der Waals surface area (Å²) in [5.74, 6) is 0.919. The number of nitrogens with one attached hydrogen (secondary N) is 2. The molecule has 3 rings (SSSR count). The van der Waals surface area contributed by atoms with Crippen LogP contribution in [0, 0.1) is 11.3 Å². The van der Waals surface area contributed by atoms with E-state index in [1.807, 2.05) is 30.3 Å². The van der Waals surface area contributed by atoms with Gasteiger partial charge in [0.1, 0.15) is 45.0 Å². The van der Waals surface area contributed by atoms with E-state index in [0.717, 1.165) is 24.4 Å². The van der Waals surface area contributed by atoms with E-state index in [1.54, 1.807) is 16.9 Å². The molecule has 2 aromatic carbocycles. The van der Waals surface area contributed by atoms with Gasteiger partial charge in [0.05, 0.1) is 18.7 Å². The van der Waals surface area contributed by atoms with Gasteiger partial charge in [-0.15, -0.1) is 0 Å². The molecular weight excluding hydrogens is 298 g/mol. The van der Waals surface area contributed by atoms with Gasteiger partial charge >= 0.3 is 0 Å². The molecule has 0 aromatic heterocycles. The number of methoxy groups -OCH3 is 1. The van der Waals surface area contributed by atoms with Crippen LogP contribution >= 0.6 is 0 Å². The van der Waals surface area contributed by atoms with E-state index in [0.29, 0.717) is 0 Å². The summed E-state index contributed by atoms with van der Waals surface area (Å²) in [4.78, 5) is 3.26. The number of ether oxygens (including phenoxy) is 1. The lowest BCUT2D eigenvalue weighted by Crippen LogP contribution is -3.27. The molecule has 1 saturated heterocycles. The Morgan fingerprint density at radius 3 is 2.12 bits per heavy atom. The molecule has 1 aliphatic heterocycles. The van der Waals surface area contributed by atoms with Crippen molar-refractivity contribution < 1.29 is 14.5 Å². The zero-order valence-corrected chi connectivity index (χ0v) is 14.2. The minimum absolute atomic E-state index is 0.760. The minimum atomic E-state index is 0.760. The van der Waals surface area contributed by atoms with Crippen molar-refractivity contribution in [2.24, 2.45) is 0 Å². The summed E-state index contributed by atoms with van der Waals surface area (Å²) in [6, 6.07) is 18.6. The SMILES string of the molecule is COc1ccc(C[NH+]2CC[NH+](Cc3cccc(C#N)c3)CC2)cc1. The molecule has 124 valence electrons. The van der Waals surface area contributed by atoms with Gasteiger partial charge in [-0.1, -0.05) is 12.1 Å². The van der Waals surface area contributed by atoms with Crippen molar-refractivity contribution in [1.82, 2.24) is 0 Å². The van der Waals surface area contributed by atoms with Crippen LogP contribution in [-0.4, -0.2) is 33.3 Å². The summed E-state index contributed by atoms with van der Waals surface area (Å²) in [7, 11) is 1.70. The van der Waals surface area contributed by atoms with Crippen molar-refractivity contribution in [3.63, 3.8) is 0 Å². The van der Waals surface area contributed by atoms with E-state index in [-0.39, 0.29) is 0 Å². The Hall–Kier alpha value is -2.35. The van der Waals surface area contributed by atoms with Gasteiger partial charge in [0, 0.05) is 11.1 Å². The number of hydrogen-bond donors (Lipinski definition) is 2. The molecule has 1 fully saturated rings. The molecule has 0 aliphatic carbocycles. The maximum absolute atomic E-state index is 9.01. The second kappa shape index (κ2) is 7.96. The molecule has 0 radical (unpaired) electrons. The zero-order chi connectivity index (χ0) is 16.8. The molecule has 1 aliphatic rings. The summed E-state index contributed by atoms with van der Waals surface area (Å²) in [5.41, 5.74) is 3.40. The van der Waals surface area contributed by atoms with E-state index in [4.69, 9.17) is 10.00 Å².